The minimum atomic E-state index is -0.462. The third-order valence-corrected chi connectivity index (χ3v) is 3.28. The van der Waals surface area contributed by atoms with E-state index in [9.17, 15) is 4.79 Å². The van der Waals surface area contributed by atoms with E-state index in [1.165, 1.54) is 0 Å². The highest BCUT2D eigenvalue weighted by Gasteiger charge is 2.20. The van der Waals surface area contributed by atoms with Gasteiger partial charge in [0.25, 0.3) is 0 Å². The van der Waals surface area contributed by atoms with Crippen LogP contribution in [0.15, 0.2) is 12.5 Å². The van der Waals surface area contributed by atoms with Crippen molar-refractivity contribution in [1.82, 2.24) is 14.9 Å². The van der Waals surface area contributed by atoms with Crippen LogP contribution in [0.1, 0.15) is 53.7 Å². The van der Waals surface area contributed by atoms with Crippen LogP contribution < -0.4 is 5.32 Å². The zero-order chi connectivity index (χ0) is 15.4. The third-order valence-electron chi connectivity index (χ3n) is 3.28. The quantitative estimate of drug-likeness (QED) is 0.902. The Hall–Kier alpha value is -1.52. The second kappa shape index (κ2) is 6.29. The van der Waals surface area contributed by atoms with Crippen molar-refractivity contribution in [1.29, 1.82) is 0 Å². The first-order valence-corrected chi connectivity index (χ1v) is 7.14. The lowest BCUT2D eigenvalue weighted by Crippen LogP contribution is -2.34. The van der Waals surface area contributed by atoms with E-state index >= 15 is 0 Å². The highest BCUT2D eigenvalue weighted by Crippen LogP contribution is 2.21. The molecule has 0 aliphatic carbocycles. The molecule has 1 aromatic rings. The van der Waals surface area contributed by atoms with Gasteiger partial charge in [-0.05, 0) is 41.0 Å². The molecule has 1 aromatic heterocycles. The maximum Gasteiger partial charge on any atom is 0.407 e. The molecule has 0 radical (unpaired) electrons. The molecule has 0 saturated carbocycles. The Morgan fingerprint density at radius 3 is 2.55 bits per heavy atom. The average Bonchev–Trinajstić information content (AvgIpc) is 2.75. The summed E-state index contributed by atoms with van der Waals surface area (Å²) in [5.41, 5.74) is 0.696. The number of carbonyl (C=O) groups excluding carboxylic acids is 1. The maximum atomic E-state index is 11.6. The topological polar surface area (TPSA) is 56.2 Å². The fraction of sp³-hybridized carbons (Fsp3) is 0.733. The summed E-state index contributed by atoms with van der Waals surface area (Å²) >= 11 is 0. The van der Waals surface area contributed by atoms with Crippen molar-refractivity contribution in [2.75, 3.05) is 6.54 Å². The van der Waals surface area contributed by atoms with E-state index in [1.54, 1.807) is 0 Å². The molecule has 20 heavy (non-hydrogen) atoms. The number of hydrogen-bond donors (Lipinski definition) is 1. The summed E-state index contributed by atoms with van der Waals surface area (Å²) in [5.74, 6) is 0. The van der Waals surface area contributed by atoms with Gasteiger partial charge in [0.15, 0.2) is 0 Å². The Morgan fingerprint density at radius 1 is 1.35 bits per heavy atom. The first kappa shape index (κ1) is 16.5. The van der Waals surface area contributed by atoms with Crippen LogP contribution in [0.3, 0.4) is 0 Å². The van der Waals surface area contributed by atoms with Gasteiger partial charge in [-0.15, -0.1) is 0 Å². The van der Waals surface area contributed by atoms with Crippen LogP contribution >= 0.6 is 0 Å². The lowest BCUT2D eigenvalue weighted by atomic mass is 10.0. The summed E-state index contributed by atoms with van der Waals surface area (Å²) in [6, 6.07) is 0. The van der Waals surface area contributed by atoms with Crippen molar-refractivity contribution in [3.05, 3.63) is 18.2 Å². The van der Waals surface area contributed by atoms with Crippen LogP contribution in [0.5, 0.6) is 0 Å². The summed E-state index contributed by atoms with van der Waals surface area (Å²) in [4.78, 5) is 15.8. The van der Waals surface area contributed by atoms with E-state index in [0.717, 1.165) is 18.5 Å². The molecular formula is C15H27N3O2. The molecule has 0 unspecified atom stereocenters. The molecular weight excluding hydrogens is 254 g/mol. The number of hydrogen-bond acceptors (Lipinski definition) is 3. The number of carbonyl (C=O) groups is 1. The molecule has 1 N–H and O–H groups in total. The van der Waals surface area contributed by atoms with Crippen molar-refractivity contribution in [3.63, 3.8) is 0 Å². The molecule has 0 saturated heterocycles. The molecule has 1 rings (SSSR count). The van der Waals surface area contributed by atoms with Gasteiger partial charge in [-0.2, -0.15) is 0 Å². The van der Waals surface area contributed by atoms with Gasteiger partial charge >= 0.3 is 6.09 Å². The van der Waals surface area contributed by atoms with Crippen LogP contribution in [-0.2, 0) is 16.7 Å². The third kappa shape index (κ3) is 4.87. The zero-order valence-electron chi connectivity index (χ0n) is 13.5. The minimum absolute atomic E-state index is 0.0394. The zero-order valence-corrected chi connectivity index (χ0v) is 13.5. The van der Waals surface area contributed by atoms with Crippen LogP contribution in [0.2, 0.25) is 0 Å². The lowest BCUT2D eigenvalue weighted by molar-refractivity contribution is 0.0528. The average molecular weight is 281 g/mol. The van der Waals surface area contributed by atoms with E-state index < -0.39 is 5.60 Å². The van der Waals surface area contributed by atoms with Gasteiger partial charge in [-0.25, -0.2) is 9.78 Å². The molecule has 0 aliphatic rings. The van der Waals surface area contributed by atoms with Crippen molar-refractivity contribution < 1.29 is 9.53 Å². The van der Waals surface area contributed by atoms with Crippen molar-refractivity contribution in [3.8, 4) is 0 Å². The van der Waals surface area contributed by atoms with Gasteiger partial charge in [-0.1, -0.05) is 6.92 Å². The fourth-order valence-corrected chi connectivity index (χ4v) is 1.83. The molecule has 0 spiro atoms. The van der Waals surface area contributed by atoms with Crippen LogP contribution in [-0.4, -0.2) is 27.8 Å². The Balaban J connectivity index is 2.52. The molecule has 1 heterocycles. The van der Waals surface area contributed by atoms with Gasteiger partial charge < -0.3 is 14.6 Å². The van der Waals surface area contributed by atoms with Crippen LogP contribution in [0.25, 0.3) is 0 Å². The molecule has 114 valence electrons. The number of imidazole rings is 1. The van der Waals surface area contributed by atoms with Gasteiger partial charge in [0.1, 0.15) is 5.60 Å². The van der Waals surface area contributed by atoms with E-state index in [0.29, 0.717) is 6.54 Å². The number of ether oxygens (including phenoxy) is 1. The Morgan fingerprint density at radius 2 is 2.00 bits per heavy atom. The van der Waals surface area contributed by atoms with Crippen LogP contribution in [0, 0.1) is 0 Å². The van der Waals surface area contributed by atoms with E-state index in [-0.39, 0.29) is 11.6 Å². The molecule has 1 amide bonds. The minimum Gasteiger partial charge on any atom is -0.444 e. The Bertz CT molecular complexity index is 444. The SMILES string of the molecule is CCC(C)(C)n1cncc1CCNC(=O)OC(C)(C)C. The van der Waals surface area contributed by atoms with Gasteiger partial charge in [0.05, 0.1) is 6.33 Å². The summed E-state index contributed by atoms with van der Waals surface area (Å²) < 4.78 is 7.37. The molecule has 0 fully saturated rings. The van der Waals surface area contributed by atoms with Crippen molar-refractivity contribution >= 4 is 6.09 Å². The number of nitrogens with one attached hydrogen (secondary N) is 1. The Kier molecular flexibility index (Phi) is 5.20. The molecule has 5 nitrogen and oxygen atoms in total. The monoisotopic (exact) mass is 281 g/mol. The van der Waals surface area contributed by atoms with Gasteiger partial charge in [0, 0.05) is 30.4 Å². The number of aromatic nitrogens is 2. The van der Waals surface area contributed by atoms with Crippen molar-refractivity contribution in [2.24, 2.45) is 0 Å². The Labute approximate surface area is 121 Å². The maximum absolute atomic E-state index is 11.6. The van der Waals surface area contributed by atoms with Gasteiger partial charge in [0.2, 0.25) is 0 Å². The molecule has 5 heteroatoms. The van der Waals surface area contributed by atoms with E-state index in [2.05, 4.69) is 35.6 Å². The largest absolute Gasteiger partial charge is 0.444 e. The second-order valence-electron chi connectivity index (χ2n) is 6.60. The standard InChI is InChI=1S/C15H27N3O2/c1-7-15(5,6)18-11-16-10-12(18)8-9-17-13(19)20-14(2,3)4/h10-11H,7-9H2,1-6H3,(H,17,19). The van der Waals surface area contributed by atoms with E-state index in [1.807, 2.05) is 33.3 Å². The fourth-order valence-electron chi connectivity index (χ4n) is 1.83. The number of nitrogens with zero attached hydrogens (tertiary/aromatic N) is 2. The van der Waals surface area contributed by atoms with Crippen LogP contribution in [0.4, 0.5) is 4.79 Å². The molecule has 0 atom stereocenters. The normalized spacial score (nSPS) is 12.3. The molecule has 0 bridgehead atoms. The summed E-state index contributed by atoms with van der Waals surface area (Å²) in [7, 11) is 0. The first-order chi connectivity index (χ1) is 9.15. The highest BCUT2D eigenvalue weighted by molar-refractivity contribution is 5.67. The van der Waals surface area contributed by atoms with Crippen molar-refractivity contribution in [2.45, 2.75) is 65.5 Å². The summed E-state index contributed by atoms with van der Waals surface area (Å²) in [6.07, 6.45) is 5.09. The lowest BCUT2D eigenvalue weighted by Gasteiger charge is -2.27. The number of alkyl carbamates (subject to hydrolysis) is 1. The summed E-state index contributed by atoms with van der Waals surface area (Å²) in [5, 5.41) is 2.77. The predicted octanol–water partition coefficient (Wildman–Crippen LogP) is 3.10. The second-order valence-corrected chi connectivity index (χ2v) is 6.60. The van der Waals surface area contributed by atoms with E-state index in [4.69, 9.17) is 4.74 Å². The molecule has 0 aliphatic heterocycles. The number of amides is 1. The first-order valence-electron chi connectivity index (χ1n) is 7.14. The summed E-state index contributed by atoms with van der Waals surface area (Å²) in [6.45, 7) is 12.6. The smallest absolute Gasteiger partial charge is 0.407 e. The predicted molar refractivity (Wildman–Crippen MR) is 79.8 cm³/mol. The highest BCUT2D eigenvalue weighted by atomic mass is 16.6. The molecule has 0 aromatic carbocycles. The number of rotatable bonds is 5. The van der Waals surface area contributed by atoms with Gasteiger partial charge in [-0.3, -0.25) is 0 Å².